The highest BCUT2D eigenvalue weighted by Gasteiger charge is 2.34. The van der Waals surface area contributed by atoms with Crippen LogP contribution in [0.3, 0.4) is 0 Å². The predicted molar refractivity (Wildman–Crippen MR) is 70.8 cm³/mol. The number of likely N-dealkylation sites (tertiary alicyclic amines) is 1. The Hall–Kier alpha value is -1.95. The maximum absolute atomic E-state index is 11.7. The molecule has 0 bridgehead atoms. The van der Waals surface area contributed by atoms with Crippen LogP contribution in [-0.4, -0.2) is 33.4 Å². The van der Waals surface area contributed by atoms with Gasteiger partial charge in [0, 0.05) is 13.0 Å². The van der Waals surface area contributed by atoms with E-state index in [2.05, 4.69) is 4.98 Å². The number of aliphatic carboxylic acids is 1. The van der Waals surface area contributed by atoms with Crippen LogP contribution in [0.1, 0.15) is 11.4 Å². The van der Waals surface area contributed by atoms with Crippen molar-refractivity contribution in [2.75, 3.05) is 6.54 Å². The number of thiazole rings is 1. The third kappa shape index (κ3) is 2.31. The molecule has 3 rings (SSSR count). The maximum Gasteiger partial charge on any atom is 0.308 e. The molecule has 6 heteroatoms. The molecule has 1 unspecified atom stereocenters. The molecule has 0 saturated carbocycles. The summed E-state index contributed by atoms with van der Waals surface area (Å²) in [6, 6.07) is 7.79. The second kappa shape index (κ2) is 4.62. The van der Waals surface area contributed by atoms with Crippen LogP contribution in [0.2, 0.25) is 0 Å². The van der Waals surface area contributed by atoms with Crippen molar-refractivity contribution in [3.63, 3.8) is 0 Å². The Balaban J connectivity index is 1.78. The predicted octanol–water partition coefficient (Wildman–Crippen LogP) is 1.73. The zero-order valence-corrected chi connectivity index (χ0v) is 10.9. The van der Waals surface area contributed by atoms with Gasteiger partial charge in [-0.3, -0.25) is 9.59 Å². The number of para-hydroxylation sites is 1. The van der Waals surface area contributed by atoms with Gasteiger partial charge in [-0.15, -0.1) is 11.3 Å². The van der Waals surface area contributed by atoms with Crippen LogP contribution in [0, 0.1) is 5.92 Å². The summed E-state index contributed by atoms with van der Waals surface area (Å²) in [5, 5.41) is 9.79. The van der Waals surface area contributed by atoms with Gasteiger partial charge in [-0.1, -0.05) is 12.1 Å². The molecule has 1 amide bonds. The lowest BCUT2D eigenvalue weighted by molar-refractivity contribution is -0.141. The van der Waals surface area contributed by atoms with Gasteiger partial charge in [0.05, 0.1) is 22.7 Å². The molecule has 2 heterocycles. The number of hydrogen-bond acceptors (Lipinski definition) is 4. The molecule has 0 aliphatic carbocycles. The molecule has 1 N–H and O–H groups in total. The zero-order valence-electron chi connectivity index (χ0n) is 10.1. The number of amides is 1. The zero-order chi connectivity index (χ0) is 13.4. The number of benzene rings is 1. The lowest BCUT2D eigenvalue weighted by Gasteiger charge is -2.13. The number of carbonyl (C=O) groups excluding carboxylic acids is 1. The van der Waals surface area contributed by atoms with Gasteiger partial charge < -0.3 is 10.0 Å². The molecule has 0 spiro atoms. The highest BCUT2D eigenvalue weighted by Crippen LogP contribution is 2.25. The summed E-state index contributed by atoms with van der Waals surface area (Å²) in [4.78, 5) is 28.7. The van der Waals surface area contributed by atoms with Crippen LogP contribution in [0.25, 0.3) is 10.2 Å². The van der Waals surface area contributed by atoms with E-state index in [1.165, 1.54) is 0 Å². The van der Waals surface area contributed by atoms with Gasteiger partial charge in [0.25, 0.3) is 0 Å². The SMILES string of the molecule is O=C(O)C1CC(=O)N(Cc2nc3ccccc3s2)C1. The van der Waals surface area contributed by atoms with Gasteiger partial charge in [0.15, 0.2) is 0 Å². The standard InChI is InChI=1S/C13H12N2O3S/c16-12-5-8(13(17)18)6-15(12)7-11-14-9-3-1-2-4-10(9)19-11/h1-4,8H,5-7H2,(H,17,18). The number of carboxylic acid groups (broad SMARTS) is 1. The monoisotopic (exact) mass is 276 g/mol. The van der Waals surface area contributed by atoms with Crippen LogP contribution >= 0.6 is 11.3 Å². The van der Waals surface area contributed by atoms with Crippen molar-refractivity contribution in [3.05, 3.63) is 29.3 Å². The highest BCUT2D eigenvalue weighted by molar-refractivity contribution is 7.18. The molecule has 0 radical (unpaired) electrons. The first kappa shape index (κ1) is 12.1. The van der Waals surface area contributed by atoms with Gasteiger partial charge in [0.1, 0.15) is 5.01 Å². The van der Waals surface area contributed by atoms with Crippen molar-refractivity contribution in [2.45, 2.75) is 13.0 Å². The average Bonchev–Trinajstić information content (AvgIpc) is 2.93. The topological polar surface area (TPSA) is 70.5 Å². The van der Waals surface area contributed by atoms with Crippen molar-refractivity contribution in [2.24, 2.45) is 5.92 Å². The fourth-order valence-electron chi connectivity index (χ4n) is 2.24. The lowest BCUT2D eigenvalue weighted by atomic mass is 10.1. The van der Waals surface area contributed by atoms with E-state index in [0.29, 0.717) is 6.54 Å². The fourth-order valence-corrected chi connectivity index (χ4v) is 3.22. The Labute approximate surface area is 113 Å². The molecule has 98 valence electrons. The number of rotatable bonds is 3. The molecule has 1 fully saturated rings. The van der Waals surface area contributed by atoms with Crippen molar-refractivity contribution in [3.8, 4) is 0 Å². The minimum atomic E-state index is -0.903. The van der Waals surface area contributed by atoms with E-state index >= 15 is 0 Å². The second-order valence-electron chi connectivity index (χ2n) is 4.59. The Morgan fingerprint density at radius 2 is 2.26 bits per heavy atom. The summed E-state index contributed by atoms with van der Waals surface area (Å²) in [6.07, 6.45) is 0.0974. The smallest absolute Gasteiger partial charge is 0.308 e. The Morgan fingerprint density at radius 1 is 1.47 bits per heavy atom. The van der Waals surface area contributed by atoms with E-state index in [4.69, 9.17) is 5.11 Å². The summed E-state index contributed by atoms with van der Waals surface area (Å²) < 4.78 is 1.08. The van der Waals surface area contributed by atoms with Gasteiger partial charge in [-0.05, 0) is 12.1 Å². The third-order valence-electron chi connectivity index (χ3n) is 3.23. The Bertz CT molecular complexity index is 619. The van der Waals surface area contributed by atoms with Crippen molar-refractivity contribution < 1.29 is 14.7 Å². The summed E-state index contributed by atoms with van der Waals surface area (Å²) >= 11 is 1.54. The van der Waals surface area contributed by atoms with Crippen LogP contribution in [-0.2, 0) is 16.1 Å². The molecule has 19 heavy (non-hydrogen) atoms. The first-order valence-electron chi connectivity index (χ1n) is 5.98. The summed E-state index contributed by atoms with van der Waals surface area (Å²) in [7, 11) is 0. The number of fused-ring (bicyclic) bond motifs is 1. The molecule has 5 nitrogen and oxygen atoms in total. The minimum Gasteiger partial charge on any atom is -0.481 e. The number of carbonyl (C=O) groups is 2. The third-order valence-corrected chi connectivity index (χ3v) is 4.25. The van der Waals surface area contributed by atoms with Crippen LogP contribution in [0.15, 0.2) is 24.3 Å². The minimum absolute atomic E-state index is 0.0974. The van der Waals surface area contributed by atoms with Gasteiger partial charge in [0.2, 0.25) is 5.91 Å². The molecular formula is C13H12N2O3S. The molecule has 1 aliphatic rings. The number of aromatic nitrogens is 1. The van der Waals surface area contributed by atoms with E-state index in [1.807, 2.05) is 24.3 Å². The average molecular weight is 276 g/mol. The molecule has 1 aromatic heterocycles. The maximum atomic E-state index is 11.7. The Morgan fingerprint density at radius 3 is 2.95 bits per heavy atom. The van der Waals surface area contributed by atoms with Crippen LogP contribution in [0.5, 0.6) is 0 Å². The van der Waals surface area contributed by atoms with Gasteiger partial charge >= 0.3 is 5.97 Å². The second-order valence-corrected chi connectivity index (χ2v) is 5.70. The fraction of sp³-hybridized carbons (Fsp3) is 0.308. The molecule has 1 aromatic carbocycles. The highest BCUT2D eigenvalue weighted by atomic mass is 32.1. The van der Waals surface area contributed by atoms with Crippen LogP contribution < -0.4 is 0 Å². The number of hydrogen-bond donors (Lipinski definition) is 1. The largest absolute Gasteiger partial charge is 0.481 e. The molecule has 1 atom stereocenters. The van der Waals surface area contributed by atoms with Gasteiger partial charge in [-0.2, -0.15) is 0 Å². The van der Waals surface area contributed by atoms with Crippen molar-refractivity contribution in [1.82, 2.24) is 9.88 Å². The van der Waals surface area contributed by atoms with E-state index < -0.39 is 11.9 Å². The normalized spacial score (nSPS) is 19.3. The summed E-state index contributed by atoms with van der Waals surface area (Å²) in [6.45, 7) is 0.687. The van der Waals surface area contributed by atoms with Crippen molar-refractivity contribution in [1.29, 1.82) is 0 Å². The molecule has 2 aromatic rings. The molecular weight excluding hydrogens is 264 g/mol. The Kier molecular flexibility index (Phi) is 2.94. The summed E-state index contributed by atoms with van der Waals surface area (Å²) in [5.41, 5.74) is 0.920. The lowest BCUT2D eigenvalue weighted by Crippen LogP contribution is -2.25. The molecule has 1 saturated heterocycles. The quantitative estimate of drug-likeness (QED) is 0.926. The first-order chi connectivity index (χ1) is 9.13. The summed E-state index contributed by atoms with van der Waals surface area (Å²) in [5.74, 6) is -1.59. The van der Waals surface area contributed by atoms with E-state index in [-0.39, 0.29) is 18.9 Å². The van der Waals surface area contributed by atoms with E-state index in [9.17, 15) is 9.59 Å². The van der Waals surface area contributed by atoms with Crippen LogP contribution in [0.4, 0.5) is 0 Å². The van der Waals surface area contributed by atoms with Gasteiger partial charge in [-0.25, -0.2) is 4.98 Å². The van der Waals surface area contributed by atoms with Crippen molar-refractivity contribution >= 4 is 33.4 Å². The van der Waals surface area contributed by atoms with E-state index in [1.54, 1.807) is 16.2 Å². The number of carboxylic acids is 1. The first-order valence-corrected chi connectivity index (χ1v) is 6.80. The van der Waals surface area contributed by atoms with E-state index in [0.717, 1.165) is 15.2 Å². The molecule has 1 aliphatic heterocycles. The number of nitrogens with zero attached hydrogens (tertiary/aromatic N) is 2.